The lowest BCUT2D eigenvalue weighted by atomic mass is 9.91. The molecule has 0 aromatic rings. The molecule has 2 amide bonds. The third-order valence-corrected chi connectivity index (χ3v) is 4.16. The molecule has 18 heavy (non-hydrogen) atoms. The van der Waals surface area contributed by atoms with Crippen molar-refractivity contribution in [2.75, 3.05) is 26.7 Å². The highest BCUT2D eigenvalue weighted by atomic mass is 16.2. The summed E-state index contributed by atoms with van der Waals surface area (Å²) in [5.41, 5.74) is 5.21. The van der Waals surface area contributed by atoms with E-state index in [9.17, 15) is 9.59 Å². The van der Waals surface area contributed by atoms with Crippen LogP contribution in [-0.4, -0.2) is 54.3 Å². The minimum atomic E-state index is -0.362. The highest BCUT2D eigenvalue weighted by Gasteiger charge is 2.34. The molecule has 0 aromatic carbocycles. The number of hydrogen-bond acceptors (Lipinski definition) is 3. The number of piperidine rings is 2. The Bertz CT molecular complexity index is 324. The van der Waals surface area contributed by atoms with Gasteiger partial charge in [0.05, 0.1) is 0 Å². The smallest absolute Gasteiger partial charge is 0.226 e. The van der Waals surface area contributed by atoms with Crippen molar-refractivity contribution in [3.05, 3.63) is 0 Å². The van der Waals surface area contributed by atoms with Gasteiger partial charge < -0.3 is 15.5 Å². The molecule has 102 valence electrons. The number of carbonyl (C=O) groups excluding carboxylic acids is 2. The molecule has 5 heteroatoms. The number of nitrogens with two attached hydrogens (primary N) is 1. The summed E-state index contributed by atoms with van der Waals surface area (Å²) in [5.74, 6) is -0.385. The van der Waals surface area contributed by atoms with Crippen LogP contribution >= 0.6 is 0 Å². The predicted molar refractivity (Wildman–Crippen MR) is 68.8 cm³/mol. The van der Waals surface area contributed by atoms with Gasteiger partial charge in [0.1, 0.15) is 0 Å². The predicted octanol–water partition coefficient (Wildman–Crippen LogP) is 0.195. The molecule has 1 atom stereocenters. The molecule has 2 N–H and O–H groups in total. The van der Waals surface area contributed by atoms with E-state index in [1.165, 1.54) is 0 Å². The van der Waals surface area contributed by atoms with E-state index in [1.807, 2.05) is 4.90 Å². The normalized spacial score (nSPS) is 27.5. The van der Waals surface area contributed by atoms with Crippen molar-refractivity contribution in [1.82, 2.24) is 9.80 Å². The quantitative estimate of drug-likeness (QED) is 0.781. The maximum Gasteiger partial charge on any atom is 0.226 e. The van der Waals surface area contributed by atoms with Crippen molar-refractivity contribution in [3.8, 4) is 0 Å². The molecular formula is C13H23N3O2. The minimum Gasteiger partial charge on any atom is -0.370 e. The molecule has 2 saturated heterocycles. The molecule has 0 radical (unpaired) electrons. The fourth-order valence-electron chi connectivity index (χ4n) is 3.08. The van der Waals surface area contributed by atoms with Gasteiger partial charge in [0.15, 0.2) is 0 Å². The molecular weight excluding hydrogens is 230 g/mol. The third-order valence-electron chi connectivity index (χ3n) is 4.16. The van der Waals surface area contributed by atoms with Crippen molar-refractivity contribution in [1.29, 1.82) is 0 Å². The lowest BCUT2D eigenvalue weighted by Gasteiger charge is -2.41. The number of hydrogen-bond donors (Lipinski definition) is 1. The molecule has 0 aromatic heterocycles. The van der Waals surface area contributed by atoms with E-state index in [1.54, 1.807) is 0 Å². The van der Waals surface area contributed by atoms with Crippen LogP contribution < -0.4 is 5.73 Å². The van der Waals surface area contributed by atoms with Crippen molar-refractivity contribution >= 4 is 11.8 Å². The van der Waals surface area contributed by atoms with Gasteiger partial charge >= 0.3 is 0 Å². The number of likely N-dealkylation sites (tertiary alicyclic amines) is 2. The number of nitrogens with zero attached hydrogens (tertiary/aromatic N) is 2. The van der Waals surface area contributed by atoms with Gasteiger partial charge in [0.2, 0.25) is 11.8 Å². The first-order chi connectivity index (χ1) is 8.58. The van der Waals surface area contributed by atoms with E-state index in [0.29, 0.717) is 6.04 Å². The first-order valence-corrected chi connectivity index (χ1v) is 6.85. The van der Waals surface area contributed by atoms with E-state index in [4.69, 9.17) is 5.73 Å². The van der Waals surface area contributed by atoms with Crippen LogP contribution in [0.15, 0.2) is 0 Å². The number of rotatable bonds is 3. The zero-order valence-corrected chi connectivity index (χ0v) is 11.1. The Balaban J connectivity index is 1.95. The third kappa shape index (κ3) is 3.02. The van der Waals surface area contributed by atoms with Crippen molar-refractivity contribution < 1.29 is 9.59 Å². The highest BCUT2D eigenvalue weighted by molar-refractivity contribution is 5.85. The van der Waals surface area contributed by atoms with Gasteiger partial charge in [0, 0.05) is 24.9 Å². The zero-order chi connectivity index (χ0) is 13.1. The van der Waals surface area contributed by atoms with Gasteiger partial charge in [-0.25, -0.2) is 0 Å². The summed E-state index contributed by atoms with van der Waals surface area (Å²) in [6.45, 7) is 2.95. The monoisotopic (exact) mass is 253 g/mol. The maximum absolute atomic E-state index is 12.3. The second-order valence-electron chi connectivity index (χ2n) is 5.58. The minimum absolute atomic E-state index is 0.148. The molecule has 0 spiro atoms. The van der Waals surface area contributed by atoms with Crippen LogP contribution in [0.3, 0.4) is 0 Å². The van der Waals surface area contributed by atoms with Gasteiger partial charge in [-0.1, -0.05) is 0 Å². The van der Waals surface area contributed by atoms with Crippen LogP contribution in [0.2, 0.25) is 0 Å². The Morgan fingerprint density at radius 2 is 1.94 bits per heavy atom. The SMILES string of the molecule is CN1CCC(N2CCC[C@H](CC(N)=O)C2=O)CC1. The molecule has 5 nitrogen and oxygen atoms in total. The van der Waals surface area contributed by atoms with E-state index in [2.05, 4.69) is 11.9 Å². The summed E-state index contributed by atoms with van der Waals surface area (Å²) < 4.78 is 0. The second-order valence-corrected chi connectivity index (χ2v) is 5.58. The van der Waals surface area contributed by atoms with Gasteiger partial charge in [0.25, 0.3) is 0 Å². The molecule has 2 heterocycles. The van der Waals surface area contributed by atoms with Crippen molar-refractivity contribution in [3.63, 3.8) is 0 Å². The number of amides is 2. The van der Waals surface area contributed by atoms with Gasteiger partial charge in [-0.15, -0.1) is 0 Å². The van der Waals surface area contributed by atoms with E-state index >= 15 is 0 Å². The van der Waals surface area contributed by atoms with Crippen molar-refractivity contribution in [2.45, 2.75) is 38.1 Å². The lowest BCUT2D eigenvalue weighted by molar-refractivity contribution is -0.144. The lowest BCUT2D eigenvalue weighted by Crippen LogP contribution is -2.51. The summed E-state index contributed by atoms with van der Waals surface area (Å²) in [6.07, 6.45) is 4.11. The molecule has 0 saturated carbocycles. The molecule has 0 unspecified atom stereocenters. The average Bonchev–Trinajstić information content (AvgIpc) is 2.33. The number of carbonyl (C=O) groups is 2. The zero-order valence-electron chi connectivity index (χ0n) is 11.1. The first kappa shape index (κ1) is 13.3. The van der Waals surface area contributed by atoms with E-state index in [-0.39, 0.29) is 24.2 Å². The second kappa shape index (κ2) is 5.69. The van der Waals surface area contributed by atoms with Gasteiger partial charge in [-0.05, 0) is 45.8 Å². The Morgan fingerprint density at radius 1 is 1.28 bits per heavy atom. The van der Waals surface area contributed by atoms with Crippen LogP contribution in [-0.2, 0) is 9.59 Å². The highest BCUT2D eigenvalue weighted by Crippen LogP contribution is 2.26. The fraction of sp³-hybridized carbons (Fsp3) is 0.846. The molecule has 2 fully saturated rings. The molecule has 0 bridgehead atoms. The van der Waals surface area contributed by atoms with Crippen LogP contribution in [0.5, 0.6) is 0 Å². The Morgan fingerprint density at radius 3 is 2.56 bits per heavy atom. The Labute approximate surface area is 108 Å². The first-order valence-electron chi connectivity index (χ1n) is 6.85. The van der Waals surface area contributed by atoms with Gasteiger partial charge in [-0.2, -0.15) is 0 Å². The molecule has 2 rings (SSSR count). The van der Waals surface area contributed by atoms with Crippen LogP contribution in [0, 0.1) is 5.92 Å². The maximum atomic E-state index is 12.3. The largest absolute Gasteiger partial charge is 0.370 e. The average molecular weight is 253 g/mol. The molecule has 2 aliphatic rings. The van der Waals surface area contributed by atoms with Crippen LogP contribution in [0.1, 0.15) is 32.1 Å². The summed E-state index contributed by atoms with van der Waals surface area (Å²) in [7, 11) is 2.12. The molecule has 0 aliphatic carbocycles. The summed E-state index contributed by atoms with van der Waals surface area (Å²) >= 11 is 0. The summed E-state index contributed by atoms with van der Waals surface area (Å²) in [4.78, 5) is 27.6. The van der Waals surface area contributed by atoms with Crippen molar-refractivity contribution in [2.24, 2.45) is 11.7 Å². The standard InChI is InChI=1S/C13H23N3O2/c1-15-7-4-11(5-8-15)16-6-2-3-10(13(16)18)9-12(14)17/h10-11H,2-9H2,1H3,(H2,14,17)/t10-/m1/s1. The Hall–Kier alpha value is -1.10. The fourth-order valence-corrected chi connectivity index (χ4v) is 3.08. The van der Waals surface area contributed by atoms with Crippen LogP contribution in [0.4, 0.5) is 0 Å². The van der Waals surface area contributed by atoms with Crippen LogP contribution in [0.25, 0.3) is 0 Å². The topological polar surface area (TPSA) is 66.6 Å². The summed E-state index contributed by atoms with van der Waals surface area (Å²) in [5, 5.41) is 0. The molecule has 2 aliphatic heterocycles. The van der Waals surface area contributed by atoms with E-state index in [0.717, 1.165) is 45.3 Å². The number of primary amides is 1. The van der Waals surface area contributed by atoms with E-state index < -0.39 is 0 Å². The Kier molecular flexibility index (Phi) is 4.22. The summed E-state index contributed by atoms with van der Waals surface area (Å²) in [6, 6.07) is 0.365. The van der Waals surface area contributed by atoms with Gasteiger partial charge in [-0.3, -0.25) is 9.59 Å².